The van der Waals surface area contributed by atoms with Crippen LogP contribution >= 0.6 is 0 Å². The highest BCUT2D eigenvalue weighted by Crippen LogP contribution is 2.21. The molecule has 0 atom stereocenters. The topological polar surface area (TPSA) is 0 Å². The molecule has 0 unspecified atom stereocenters. The molecule has 0 heterocycles. The Morgan fingerprint density at radius 2 is 0.929 bits per heavy atom. The van der Waals surface area contributed by atoms with Crippen molar-refractivity contribution in [3.05, 3.63) is 0 Å². The molecule has 0 nitrogen and oxygen atoms in total. The van der Waals surface area contributed by atoms with E-state index in [-0.39, 0.29) is 22.3 Å². The van der Waals surface area contributed by atoms with Crippen molar-refractivity contribution in [3.8, 4) is 0 Å². The fourth-order valence-corrected chi connectivity index (χ4v) is 1.31. The third-order valence-electron chi connectivity index (χ3n) is 1.89. The van der Waals surface area contributed by atoms with Gasteiger partial charge in [0.25, 0.3) is 0 Å². The van der Waals surface area contributed by atoms with E-state index in [0.717, 1.165) is 5.92 Å². The summed E-state index contributed by atoms with van der Waals surface area (Å²) in [6, 6.07) is 0. The monoisotopic (exact) mass is 206 g/mol. The van der Waals surface area contributed by atoms with E-state index < -0.39 is 0 Å². The number of rotatable bonds is 0. The van der Waals surface area contributed by atoms with E-state index in [9.17, 15) is 0 Å². The van der Waals surface area contributed by atoms with Crippen LogP contribution < -0.4 is 0 Å². The molecule has 1 fully saturated rings. The van der Waals surface area contributed by atoms with E-state index in [1.54, 1.807) is 0 Å². The first-order valence-corrected chi connectivity index (χ1v) is 5.39. The lowest BCUT2D eigenvalue weighted by Crippen LogP contribution is -1.99. The van der Waals surface area contributed by atoms with Gasteiger partial charge in [-0.1, -0.05) is 89.0 Å². The third kappa shape index (κ3) is 22.7. The molecule has 0 amide bonds. The van der Waals surface area contributed by atoms with Gasteiger partial charge >= 0.3 is 0 Å². The second kappa shape index (κ2) is 29.2. The largest absolute Gasteiger partial charge is 0.0776 e. The van der Waals surface area contributed by atoms with Gasteiger partial charge in [0, 0.05) is 0 Å². The molecule has 0 N–H and O–H groups in total. The molecule has 14 heavy (non-hydrogen) atoms. The Balaban J connectivity index is -0.0000000350. The number of hydrogen-bond acceptors (Lipinski definition) is 0. The van der Waals surface area contributed by atoms with Gasteiger partial charge in [0.15, 0.2) is 0 Å². The molecule has 1 aliphatic rings. The van der Waals surface area contributed by atoms with Gasteiger partial charge < -0.3 is 0 Å². The predicted octanol–water partition coefficient (Wildman–Crippen LogP) is 6.55. The van der Waals surface area contributed by atoms with Crippen LogP contribution in [-0.4, -0.2) is 0 Å². The van der Waals surface area contributed by atoms with Crippen LogP contribution in [0.25, 0.3) is 0 Å². The molecule has 0 aromatic heterocycles. The summed E-state index contributed by atoms with van der Waals surface area (Å²) in [5, 5.41) is 0. The Morgan fingerprint density at radius 1 is 0.643 bits per heavy atom. The second-order valence-corrected chi connectivity index (χ2v) is 2.74. The molecule has 0 spiro atoms. The van der Waals surface area contributed by atoms with E-state index >= 15 is 0 Å². The zero-order chi connectivity index (χ0) is 9.11. The highest BCUT2D eigenvalue weighted by atomic mass is 14.1. The van der Waals surface area contributed by atoms with Gasteiger partial charge in [0.05, 0.1) is 0 Å². The molecular formula is C14H38. The first kappa shape index (κ1) is 29.2. The Bertz CT molecular complexity index is 42.0. The average molecular weight is 206 g/mol. The molecule has 0 aromatic carbocycles. The Kier molecular flexibility index (Phi) is 61.0. The fourth-order valence-electron chi connectivity index (χ4n) is 1.31. The molecular weight excluding hydrogens is 168 g/mol. The van der Waals surface area contributed by atoms with Crippen LogP contribution in [0.15, 0.2) is 0 Å². The van der Waals surface area contributed by atoms with Gasteiger partial charge in [-0.2, -0.15) is 0 Å². The van der Waals surface area contributed by atoms with Crippen molar-refractivity contribution >= 4 is 0 Å². The Morgan fingerprint density at radius 3 is 1.07 bits per heavy atom. The molecule has 0 radical (unpaired) electrons. The third-order valence-corrected chi connectivity index (χ3v) is 1.89. The lowest BCUT2D eigenvalue weighted by Gasteiger charge is -2.15. The molecule has 0 aliphatic heterocycles. The smallest absolute Gasteiger partial charge is 0.0443 e. The van der Waals surface area contributed by atoms with Gasteiger partial charge in [-0.3, -0.25) is 0 Å². The SMILES string of the molecule is C.C.C.CC.CC.CC1CCCCC1. The van der Waals surface area contributed by atoms with Crippen molar-refractivity contribution in [1.29, 1.82) is 0 Å². The molecule has 0 saturated heterocycles. The van der Waals surface area contributed by atoms with Gasteiger partial charge in [-0.15, -0.1) is 0 Å². The minimum absolute atomic E-state index is 0. The average Bonchev–Trinajstić information content (AvgIpc) is 2.13. The van der Waals surface area contributed by atoms with Gasteiger partial charge in [-0.25, -0.2) is 0 Å². The standard InChI is InChI=1S/C7H14.2C2H6.3CH4/c1-7-5-3-2-4-6-7;2*1-2;;;/h7H,2-6H2,1H3;2*1-2H3;3*1H4. The summed E-state index contributed by atoms with van der Waals surface area (Å²) < 4.78 is 0. The zero-order valence-corrected chi connectivity index (χ0v) is 9.11. The molecule has 0 bridgehead atoms. The van der Waals surface area contributed by atoms with Gasteiger partial charge in [0.2, 0.25) is 0 Å². The molecule has 1 saturated carbocycles. The summed E-state index contributed by atoms with van der Waals surface area (Å²) >= 11 is 0. The predicted molar refractivity (Wildman–Crippen MR) is 75.1 cm³/mol. The Hall–Kier alpha value is 0. The summed E-state index contributed by atoms with van der Waals surface area (Å²) in [6.45, 7) is 10.4. The molecule has 1 aliphatic carbocycles. The van der Waals surface area contributed by atoms with Crippen molar-refractivity contribution in [2.24, 2.45) is 5.92 Å². The summed E-state index contributed by atoms with van der Waals surface area (Å²) in [5.74, 6) is 1.04. The Labute approximate surface area is 95.5 Å². The van der Waals surface area contributed by atoms with E-state index in [0.29, 0.717) is 0 Å². The quantitative estimate of drug-likeness (QED) is 0.422. The van der Waals surface area contributed by atoms with Crippen molar-refractivity contribution in [2.45, 2.75) is 89.0 Å². The van der Waals surface area contributed by atoms with E-state index in [1.165, 1.54) is 32.1 Å². The van der Waals surface area contributed by atoms with Gasteiger partial charge in [0.1, 0.15) is 0 Å². The summed E-state index contributed by atoms with van der Waals surface area (Å²) in [7, 11) is 0. The van der Waals surface area contributed by atoms with Crippen LogP contribution in [-0.2, 0) is 0 Å². The van der Waals surface area contributed by atoms with Crippen LogP contribution in [0.3, 0.4) is 0 Å². The molecule has 94 valence electrons. The number of hydrogen-bond donors (Lipinski definition) is 0. The van der Waals surface area contributed by atoms with Crippen LogP contribution in [0.1, 0.15) is 89.0 Å². The second-order valence-electron chi connectivity index (χ2n) is 2.74. The minimum atomic E-state index is 0. The first-order chi connectivity index (χ1) is 5.39. The zero-order valence-electron chi connectivity index (χ0n) is 9.11. The minimum Gasteiger partial charge on any atom is -0.0776 e. The highest BCUT2D eigenvalue weighted by Gasteiger charge is 2.05. The van der Waals surface area contributed by atoms with E-state index in [2.05, 4.69) is 6.92 Å². The van der Waals surface area contributed by atoms with Crippen molar-refractivity contribution in [1.82, 2.24) is 0 Å². The van der Waals surface area contributed by atoms with Crippen LogP contribution in [0, 0.1) is 5.92 Å². The summed E-state index contributed by atoms with van der Waals surface area (Å²) in [4.78, 5) is 0. The molecule has 0 aromatic rings. The van der Waals surface area contributed by atoms with E-state index in [1.807, 2.05) is 27.7 Å². The maximum Gasteiger partial charge on any atom is -0.0443 e. The van der Waals surface area contributed by atoms with Crippen LogP contribution in [0.4, 0.5) is 0 Å². The lowest BCUT2D eigenvalue weighted by molar-refractivity contribution is 0.385. The maximum absolute atomic E-state index is 2.36. The van der Waals surface area contributed by atoms with E-state index in [4.69, 9.17) is 0 Å². The van der Waals surface area contributed by atoms with Crippen LogP contribution in [0.2, 0.25) is 0 Å². The first-order valence-electron chi connectivity index (χ1n) is 5.39. The normalized spacial score (nSPS) is 13.5. The van der Waals surface area contributed by atoms with Crippen molar-refractivity contribution < 1.29 is 0 Å². The van der Waals surface area contributed by atoms with Crippen LogP contribution in [0.5, 0.6) is 0 Å². The lowest BCUT2D eigenvalue weighted by atomic mass is 9.91. The maximum atomic E-state index is 2.36. The molecule has 1 rings (SSSR count). The van der Waals surface area contributed by atoms with Crippen molar-refractivity contribution in [3.63, 3.8) is 0 Å². The van der Waals surface area contributed by atoms with Crippen molar-refractivity contribution in [2.75, 3.05) is 0 Å². The fraction of sp³-hybridized carbons (Fsp3) is 1.00. The van der Waals surface area contributed by atoms with Gasteiger partial charge in [-0.05, 0) is 5.92 Å². The molecule has 0 heteroatoms. The summed E-state index contributed by atoms with van der Waals surface area (Å²) in [5.41, 5.74) is 0. The highest BCUT2D eigenvalue weighted by molar-refractivity contribution is 4.59. The summed E-state index contributed by atoms with van der Waals surface area (Å²) in [6.07, 6.45) is 7.44.